The van der Waals surface area contributed by atoms with Crippen molar-refractivity contribution in [1.82, 2.24) is 10.3 Å². The smallest absolute Gasteiger partial charge is 0.216 e. The van der Waals surface area contributed by atoms with E-state index in [4.69, 9.17) is 0 Å². The molecule has 3 N–H and O–H groups in total. The molecule has 0 aromatic carbocycles. The molecule has 6 heteroatoms. The van der Waals surface area contributed by atoms with Gasteiger partial charge in [0.2, 0.25) is 11.9 Å². The van der Waals surface area contributed by atoms with Gasteiger partial charge in [0.1, 0.15) is 12.2 Å². The highest BCUT2D eigenvalue weighted by Gasteiger charge is 2.18. The van der Waals surface area contributed by atoms with Crippen LogP contribution in [0.5, 0.6) is 0 Å². The standard InChI is InChI=1S/C10H13FN2O3/c1-6(14)12-5-8(15)10(16)7-2-3-9(11)13-4-7/h2-4,8,10,15-16H,5H2,1H3,(H,12,14). The molecule has 0 aliphatic carbocycles. The summed E-state index contributed by atoms with van der Waals surface area (Å²) in [7, 11) is 0. The lowest BCUT2D eigenvalue weighted by Crippen LogP contribution is -2.34. The molecule has 16 heavy (non-hydrogen) atoms. The van der Waals surface area contributed by atoms with Gasteiger partial charge in [0.15, 0.2) is 0 Å². The predicted molar refractivity (Wildman–Crippen MR) is 53.8 cm³/mol. The van der Waals surface area contributed by atoms with Crippen molar-refractivity contribution in [1.29, 1.82) is 0 Å². The van der Waals surface area contributed by atoms with Gasteiger partial charge in [-0.1, -0.05) is 6.07 Å². The summed E-state index contributed by atoms with van der Waals surface area (Å²) < 4.78 is 12.5. The second-order valence-corrected chi connectivity index (χ2v) is 3.36. The summed E-state index contributed by atoms with van der Waals surface area (Å²) in [6.07, 6.45) is -1.23. The first kappa shape index (κ1) is 12.5. The zero-order chi connectivity index (χ0) is 12.1. The summed E-state index contributed by atoms with van der Waals surface area (Å²) in [6.45, 7) is 1.23. The number of amides is 1. The van der Waals surface area contributed by atoms with Crippen molar-refractivity contribution < 1.29 is 19.4 Å². The number of aliphatic hydroxyl groups is 2. The average molecular weight is 228 g/mol. The number of hydrogen-bond donors (Lipinski definition) is 3. The van der Waals surface area contributed by atoms with E-state index in [-0.39, 0.29) is 12.5 Å². The Bertz CT molecular complexity index is 356. The molecule has 0 spiro atoms. The van der Waals surface area contributed by atoms with Crippen LogP contribution in [-0.4, -0.2) is 33.8 Å². The van der Waals surface area contributed by atoms with Crippen molar-refractivity contribution in [2.45, 2.75) is 19.1 Å². The molecule has 88 valence electrons. The molecular formula is C10H13FN2O3. The molecule has 0 fully saturated rings. The van der Waals surface area contributed by atoms with Gasteiger partial charge in [-0.3, -0.25) is 4.79 Å². The number of rotatable bonds is 4. The lowest BCUT2D eigenvalue weighted by atomic mass is 10.1. The highest BCUT2D eigenvalue weighted by atomic mass is 19.1. The van der Waals surface area contributed by atoms with Crippen molar-refractivity contribution in [3.8, 4) is 0 Å². The van der Waals surface area contributed by atoms with E-state index in [0.717, 1.165) is 12.3 Å². The van der Waals surface area contributed by atoms with Crippen LogP contribution >= 0.6 is 0 Å². The van der Waals surface area contributed by atoms with Crippen LogP contribution in [0, 0.1) is 5.95 Å². The van der Waals surface area contributed by atoms with Crippen molar-refractivity contribution in [2.75, 3.05) is 6.54 Å². The number of halogens is 1. The molecule has 0 radical (unpaired) electrons. The van der Waals surface area contributed by atoms with E-state index in [9.17, 15) is 19.4 Å². The molecule has 0 saturated carbocycles. The minimum atomic E-state index is -1.21. The first-order valence-electron chi connectivity index (χ1n) is 4.72. The molecule has 2 unspecified atom stereocenters. The van der Waals surface area contributed by atoms with Crippen molar-refractivity contribution in [3.05, 3.63) is 29.8 Å². The Morgan fingerprint density at radius 1 is 1.56 bits per heavy atom. The molecule has 1 aromatic heterocycles. The molecule has 0 aliphatic rings. The Hall–Kier alpha value is -1.53. The number of nitrogens with zero attached hydrogens (tertiary/aromatic N) is 1. The summed E-state index contributed by atoms with van der Waals surface area (Å²) in [5, 5.41) is 21.5. The van der Waals surface area contributed by atoms with Crippen LogP contribution < -0.4 is 5.32 Å². The summed E-state index contributed by atoms with van der Waals surface area (Å²) >= 11 is 0. The Morgan fingerprint density at radius 3 is 2.75 bits per heavy atom. The fourth-order valence-corrected chi connectivity index (χ4v) is 1.14. The van der Waals surface area contributed by atoms with Crippen molar-refractivity contribution >= 4 is 5.91 Å². The number of aromatic nitrogens is 1. The number of aliphatic hydroxyl groups excluding tert-OH is 2. The van der Waals surface area contributed by atoms with Crippen molar-refractivity contribution in [2.24, 2.45) is 0 Å². The molecule has 2 atom stereocenters. The fourth-order valence-electron chi connectivity index (χ4n) is 1.14. The highest BCUT2D eigenvalue weighted by molar-refractivity contribution is 5.72. The number of hydrogen-bond acceptors (Lipinski definition) is 4. The molecule has 0 aliphatic heterocycles. The Labute approximate surface area is 91.9 Å². The molecule has 1 aromatic rings. The molecular weight excluding hydrogens is 215 g/mol. The van der Waals surface area contributed by atoms with E-state index in [1.165, 1.54) is 13.0 Å². The van der Waals surface area contributed by atoms with Crippen molar-refractivity contribution in [3.63, 3.8) is 0 Å². The van der Waals surface area contributed by atoms with Gasteiger partial charge in [0, 0.05) is 25.2 Å². The number of nitrogens with one attached hydrogen (secondary N) is 1. The Balaban J connectivity index is 2.59. The van der Waals surface area contributed by atoms with E-state index < -0.39 is 18.2 Å². The van der Waals surface area contributed by atoms with Gasteiger partial charge < -0.3 is 15.5 Å². The van der Waals surface area contributed by atoms with Gasteiger partial charge >= 0.3 is 0 Å². The van der Waals surface area contributed by atoms with E-state index in [1.807, 2.05) is 0 Å². The summed E-state index contributed by atoms with van der Waals surface area (Å²) in [4.78, 5) is 13.9. The van der Waals surface area contributed by atoms with Gasteiger partial charge in [0.05, 0.1) is 0 Å². The van der Waals surface area contributed by atoms with Gasteiger partial charge in [-0.2, -0.15) is 4.39 Å². The van der Waals surface area contributed by atoms with E-state index in [2.05, 4.69) is 10.3 Å². The molecule has 1 amide bonds. The topological polar surface area (TPSA) is 82.5 Å². The molecule has 1 heterocycles. The average Bonchev–Trinajstić information content (AvgIpc) is 2.26. The lowest BCUT2D eigenvalue weighted by molar-refractivity contribution is -0.119. The minimum absolute atomic E-state index is 0.0755. The lowest BCUT2D eigenvalue weighted by Gasteiger charge is -2.17. The molecule has 5 nitrogen and oxygen atoms in total. The zero-order valence-electron chi connectivity index (χ0n) is 8.72. The maximum Gasteiger partial charge on any atom is 0.216 e. The first-order valence-corrected chi connectivity index (χ1v) is 4.72. The normalized spacial score (nSPS) is 14.2. The molecule has 1 rings (SSSR count). The number of carbonyl (C=O) groups excluding carboxylic acids is 1. The highest BCUT2D eigenvalue weighted by Crippen LogP contribution is 2.15. The van der Waals surface area contributed by atoms with Crippen LogP contribution in [0.25, 0.3) is 0 Å². The maximum atomic E-state index is 12.5. The predicted octanol–water partition coefficient (Wildman–Crippen LogP) is -0.249. The Kier molecular flexibility index (Phi) is 4.33. The van der Waals surface area contributed by atoms with Crippen LogP contribution in [-0.2, 0) is 4.79 Å². The number of carbonyl (C=O) groups is 1. The monoisotopic (exact) mass is 228 g/mol. The summed E-state index contributed by atoms with van der Waals surface area (Å²) in [5.41, 5.74) is 0.291. The second kappa shape index (κ2) is 5.53. The van der Waals surface area contributed by atoms with Gasteiger partial charge in [-0.05, 0) is 6.07 Å². The van der Waals surface area contributed by atoms with E-state index in [1.54, 1.807) is 0 Å². The second-order valence-electron chi connectivity index (χ2n) is 3.36. The summed E-state index contributed by atoms with van der Waals surface area (Å²) in [5.74, 6) is -0.962. The van der Waals surface area contributed by atoms with Gasteiger partial charge in [0.25, 0.3) is 0 Å². The van der Waals surface area contributed by atoms with Crippen LogP contribution in [0.4, 0.5) is 4.39 Å². The summed E-state index contributed by atoms with van der Waals surface area (Å²) in [6, 6.07) is 2.41. The number of pyridine rings is 1. The minimum Gasteiger partial charge on any atom is -0.388 e. The molecule has 0 bridgehead atoms. The third kappa shape index (κ3) is 3.56. The van der Waals surface area contributed by atoms with Crippen LogP contribution in [0.2, 0.25) is 0 Å². The SMILES string of the molecule is CC(=O)NCC(O)C(O)c1ccc(F)nc1. The maximum absolute atomic E-state index is 12.5. The zero-order valence-corrected chi connectivity index (χ0v) is 8.72. The largest absolute Gasteiger partial charge is 0.388 e. The Morgan fingerprint density at radius 2 is 2.25 bits per heavy atom. The van der Waals surface area contributed by atoms with Gasteiger partial charge in [-0.15, -0.1) is 0 Å². The third-order valence-electron chi connectivity index (χ3n) is 2.02. The van der Waals surface area contributed by atoms with E-state index in [0.29, 0.717) is 5.56 Å². The fraction of sp³-hybridized carbons (Fsp3) is 0.400. The van der Waals surface area contributed by atoms with Crippen LogP contribution in [0.1, 0.15) is 18.6 Å². The quantitative estimate of drug-likeness (QED) is 0.621. The molecule has 0 saturated heterocycles. The first-order chi connectivity index (χ1) is 7.50. The van der Waals surface area contributed by atoms with E-state index >= 15 is 0 Å². The van der Waals surface area contributed by atoms with Crippen LogP contribution in [0.15, 0.2) is 18.3 Å². The third-order valence-corrected chi connectivity index (χ3v) is 2.02. The van der Waals surface area contributed by atoms with Crippen LogP contribution in [0.3, 0.4) is 0 Å². The van der Waals surface area contributed by atoms with Gasteiger partial charge in [-0.25, -0.2) is 4.98 Å².